The number of aromatic nitrogens is 1. The van der Waals surface area contributed by atoms with Gasteiger partial charge in [0.25, 0.3) is 5.91 Å². The molecule has 0 saturated carbocycles. The van der Waals surface area contributed by atoms with Crippen molar-refractivity contribution in [1.29, 1.82) is 0 Å². The van der Waals surface area contributed by atoms with E-state index in [0.717, 1.165) is 44.6 Å². The number of fused-ring (bicyclic) bond motifs is 3. The molecule has 0 bridgehead atoms. The summed E-state index contributed by atoms with van der Waals surface area (Å²) in [5.74, 6) is 0.177. The predicted octanol–water partition coefficient (Wildman–Crippen LogP) is 4.63. The minimum atomic E-state index is 0.177. The predicted molar refractivity (Wildman–Crippen MR) is 115 cm³/mol. The van der Waals surface area contributed by atoms with Crippen LogP contribution in [-0.2, 0) is 12.8 Å². The number of carbonyl (C=O) groups excluding carboxylic acids is 1. The van der Waals surface area contributed by atoms with E-state index in [1.54, 1.807) is 0 Å². The number of hydrogen-bond donors (Lipinski definition) is 1. The van der Waals surface area contributed by atoms with Crippen molar-refractivity contribution in [3.05, 3.63) is 57.4 Å². The van der Waals surface area contributed by atoms with E-state index in [4.69, 9.17) is 0 Å². The van der Waals surface area contributed by atoms with Crippen LogP contribution in [-0.4, -0.2) is 46.9 Å². The lowest BCUT2D eigenvalue weighted by atomic mass is 9.95. The Hall–Kier alpha value is -2.11. The summed E-state index contributed by atoms with van der Waals surface area (Å²) in [6, 6.07) is 11.0. The molecular formula is C23H27N3OS. The van der Waals surface area contributed by atoms with Crippen LogP contribution in [0.15, 0.2) is 35.7 Å². The molecule has 1 aromatic carbocycles. The zero-order valence-corrected chi connectivity index (χ0v) is 17.2. The van der Waals surface area contributed by atoms with Gasteiger partial charge in [-0.05, 0) is 67.8 Å². The maximum Gasteiger partial charge on any atom is 0.253 e. The van der Waals surface area contributed by atoms with E-state index >= 15 is 0 Å². The fraction of sp³-hybridized carbons (Fsp3) is 0.435. The van der Waals surface area contributed by atoms with Crippen molar-refractivity contribution in [3.63, 3.8) is 0 Å². The van der Waals surface area contributed by atoms with E-state index in [-0.39, 0.29) is 5.91 Å². The Morgan fingerprint density at radius 1 is 1.11 bits per heavy atom. The number of thiophene rings is 1. The molecule has 2 aromatic heterocycles. The molecular weight excluding hydrogens is 366 g/mol. The SMILES string of the molecule is CC(c1cccs1)N1CCN(C(=O)c2ccc3[nH]c4c(c3c2)CCCC4)CC1. The lowest BCUT2D eigenvalue weighted by molar-refractivity contribution is 0.0585. The summed E-state index contributed by atoms with van der Waals surface area (Å²) in [6.07, 6.45) is 4.78. The van der Waals surface area contributed by atoms with Crippen molar-refractivity contribution in [3.8, 4) is 0 Å². The summed E-state index contributed by atoms with van der Waals surface area (Å²) in [6.45, 7) is 5.75. The highest BCUT2D eigenvalue weighted by Gasteiger charge is 2.26. The maximum absolute atomic E-state index is 13.1. The average Bonchev–Trinajstić information content (AvgIpc) is 3.40. The summed E-state index contributed by atoms with van der Waals surface area (Å²) < 4.78 is 0. The molecule has 1 aliphatic heterocycles. The van der Waals surface area contributed by atoms with E-state index in [1.165, 1.54) is 39.9 Å². The fourth-order valence-corrected chi connectivity index (χ4v) is 5.56. The smallest absolute Gasteiger partial charge is 0.253 e. The fourth-order valence-electron chi connectivity index (χ4n) is 4.74. The summed E-state index contributed by atoms with van der Waals surface area (Å²) >= 11 is 1.82. The third-order valence-corrected chi connectivity index (χ3v) is 7.49. The van der Waals surface area contributed by atoms with Crippen LogP contribution in [0.25, 0.3) is 10.9 Å². The highest BCUT2D eigenvalue weighted by Crippen LogP contribution is 2.30. The number of amides is 1. The normalized spacial score (nSPS) is 19.0. The number of H-pyrrole nitrogens is 1. The van der Waals surface area contributed by atoms with Crippen LogP contribution in [0.5, 0.6) is 0 Å². The highest BCUT2D eigenvalue weighted by molar-refractivity contribution is 7.10. The van der Waals surface area contributed by atoms with Gasteiger partial charge in [0.1, 0.15) is 0 Å². The molecule has 1 unspecified atom stereocenters. The molecule has 28 heavy (non-hydrogen) atoms. The third-order valence-electron chi connectivity index (χ3n) is 6.45. The minimum absolute atomic E-state index is 0.177. The van der Waals surface area contributed by atoms with Crippen molar-refractivity contribution in [2.45, 2.75) is 38.6 Å². The largest absolute Gasteiger partial charge is 0.358 e. The van der Waals surface area contributed by atoms with Crippen LogP contribution in [0.3, 0.4) is 0 Å². The Balaban J connectivity index is 1.30. The molecule has 1 aliphatic carbocycles. The Bertz CT molecular complexity index is 983. The molecule has 1 saturated heterocycles. The monoisotopic (exact) mass is 393 g/mol. The van der Waals surface area contributed by atoms with Crippen molar-refractivity contribution < 1.29 is 4.79 Å². The van der Waals surface area contributed by atoms with E-state index in [0.29, 0.717) is 6.04 Å². The van der Waals surface area contributed by atoms with Gasteiger partial charge in [-0.2, -0.15) is 0 Å². The molecule has 4 nitrogen and oxygen atoms in total. The van der Waals surface area contributed by atoms with Crippen molar-refractivity contribution in [2.75, 3.05) is 26.2 Å². The first-order valence-corrected chi connectivity index (χ1v) is 11.3. The molecule has 0 radical (unpaired) electrons. The number of benzene rings is 1. The zero-order chi connectivity index (χ0) is 19.1. The number of hydrogen-bond acceptors (Lipinski definition) is 3. The number of nitrogens with zero attached hydrogens (tertiary/aromatic N) is 2. The van der Waals surface area contributed by atoms with Gasteiger partial charge in [0.15, 0.2) is 0 Å². The first-order valence-electron chi connectivity index (χ1n) is 10.4. The molecule has 1 amide bonds. The van der Waals surface area contributed by atoms with Crippen LogP contribution in [0.4, 0.5) is 0 Å². The number of aryl methyl sites for hydroxylation is 2. The number of aromatic amines is 1. The summed E-state index contributed by atoms with van der Waals surface area (Å²) in [4.78, 5) is 22.6. The molecule has 1 N–H and O–H groups in total. The van der Waals surface area contributed by atoms with Gasteiger partial charge in [-0.1, -0.05) is 6.07 Å². The standard InChI is InChI=1S/C23H27N3OS/c1-16(22-7-4-14-28-22)25-10-12-26(13-11-25)23(27)17-8-9-21-19(15-17)18-5-2-3-6-20(18)24-21/h4,7-9,14-16,24H,2-3,5-6,10-13H2,1H3. The van der Waals surface area contributed by atoms with E-state index in [1.807, 2.05) is 22.3 Å². The van der Waals surface area contributed by atoms with Crippen LogP contribution >= 0.6 is 11.3 Å². The first-order chi connectivity index (χ1) is 13.7. The Labute approximate surface area is 170 Å². The van der Waals surface area contributed by atoms with Gasteiger partial charge >= 0.3 is 0 Å². The first kappa shape index (κ1) is 18.0. The number of carbonyl (C=O) groups is 1. The van der Waals surface area contributed by atoms with Gasteiger partial charge in [0.05, 0.1) is 0 Å². The zero-order valence-electron chi connectivity index (χ0n) is 16.4. The van der Waals surface area contributed by atoms with Gasteiger partial charge in [0.2, 0.25) is 0 Å². The maximum atomic E-state index is 13.1. The van der Waals surface area contributed by atoms with E-state index < -0.39 is 0 Å². The van der Waals surface area contributed by atoms with Crippen LogP contribution in [0.2, 0.25) is 0 Å². The lowest BCUT2D eigenvalue weighted by Crippen LogP contribution is -2.49. The Morgan fingerprint density at radius 2 is 1.93 bits per heavy atom. The van der Waals surface area contributed by atoms with Crippen molar-refractivity contribution in [2.24, 2.45) is 0 Å². The van der Waals surface area contributed by atoms with Crippen LogP contribution in [0.1, 0.15) is 52.3 Å². The van der Waals surface area contributed by atoms with E-state index in [2.05, 4.69) is 46.5 Å². The van der Waals surface area contributed by atoms with Crippen LogP contribution in [0, 0.1) is 0 Å². The number of nitrogens with one attached hydrogen (secondary N) is 1. The molecule has 5 rings (SSSR count). The quantitative estimate of drug-likeness (QED) is 0.705. The second-order valence-electron chi connectivity index (χ2n) is 8.07. The van der Waals surface area contributed by atoms with E-state index in [9.17, 15) is 4.79 Å². The Morgan fingerprint density at radius 3 is 2.71 bits per heavy atom. The van der Waals surface area contributed by atoms with Gasteiger partial charge < -0.3 is 9.88 Å². The van der Waals surface area contributed by atoms with Gasteiger partial charge in [0, 0.05) is 59.3 Å². The summed E-state index contributed by atoms with van der Waals surface area (Å²) in [5, 5.41) is 3.40. The molecule has 146 valence electrons. The molecule has 1 fully saturated rings. The number of piperazine rings is 1. The summed E-state index contributed by atoms with van der Waals surface area (Å²) in [7, 11) is 0. The van der Waals surface area contributed by atoms with Crippen LogP contribution < -0.4 is 0 Å². The molecule has 2 aliphatic rings. The second kappa shape index (κ2) is 7.37. The number of rotatable bonds is 3. The van der Waals surface area contributed by atoms with Gasteiger partial charge in [-0.3, -0.25) is 9.69 Å². The van der Waals surface area contributed by atoms with Gasteiger partial charge in [-0.25, -0.2) is 0 Å². The highest BCUT2D eigenvalue weighted by atomic mass is 32.1. The second-order valence-corrected chi connectivity index (χ2v) is 9.05. The Kier molecular flexibility index (Phi) is 4.73. The minimum Gasteiger partial charge on any atom is -0.358 e. The van der Waals surface area contributed by atoms with Crippen molar-refractivity contribution >= 4 is 28.1 Å². The van der Waals surface area contributed by atoms with Crippen molar-refractivity contribution in [1.82, 2.24) is 14.8 Å². The molecule has 5 heteroatoms. The average molecular weight is 394 g/mol. The summed E-state index contributed by atoms with van der Waals surface area (Å²) in [5.41, 5.74) is 4.82. The topological polar surface area (TPSA) is 39.3 Å². The molecule has 1 atom stereocenters. The molecule has 3 aromatic rings. The van der Waals surface area contributed by atoms with Gasteiger partial charge in [-0.15, -0.1) is 11.3 Å². The molecule has 0 spiro atoms. The third kappa shape index (κ3) is 3.16. The lowest BCUT2D eigenvalue weighted by Gasteiger charge is -2.37. The molecule has 3 heterocycles.